The highest BCUT2D eigenvalue weighted by Gasteiger charge is 2.14. The van der Waals surface area contributed by atoms with Crippen molar-refractivity contribution in [1.29, 1.82) is 5.26 Å². The van der Waals surface area contributed by atoms with Gasteiger partial charge < -0.3 is 33.9 Å². The minimum absolute atomic E-state index is 0.0905. The van der Waals surface area contributed by atoms with Crippen molar-refractivity contribution in [3.63, 3.8) is 0 Å². The number of nitriles is 1. The Hall–Kier alpha value is -4.80. The van der Waals surface area contributed by atoms with Crippen LogP contribution in [0.2, 0.25) is 0 Å². The van der Waals surface area contributed by atoms with Crippen molar-refractivity contribution in [2.45, 2.75) is 58.3 Å². The zero-order valence-corrected chi connectivity index (χ0v) is 29.4. The van der Waals surface area contributed by atoms with Gasteiger partial charge in [-0.1, -0.05) is 30.2 Å². The average molecular weight is 706 g/mol. The van der Waals surface area contributed by atoms with Crippen molar-refractivity contribution in [1.82, 2.24) is 20.3 Å². The van der Waals surface area contributed by atoms with Crippen molar-refractivity contribution < 1.29 is 27.9 Å². The fourth-order valence-corrected chi connectivity index (χ4v) is 5.78. The molecule has 1 unspecified atom stereocenters. The topological polar surface area (TPSA) is 185 Å². The van der Waals surface area contributed by atoms with E-state index < -0.39 is 13.2 Å². The number of carbonyl (C=O) groups excluding carboxylic acids is 2. The third kappa shape index (κ3) is 11.7. The molecular formula is C35H44N7O7P. The number of benzene rings is 2. The summed E-state index contributed by atoms with van der Waals surface area (Å²) in [6.07, 6.45) is 9.48. The molecule has 0 fully saturated rings. The largest absolute Gasteiger partial charge is 0.421 e. The Bertz CT molecular complexity index is 1880. The van der Waals surface area contributed by atoms with Crippen molar-refractivity contribution in [3.8, 4) is 23.0 Å². The van der Waals surface area contributed by atoms with Gasteiger partial charge in [-0.15, -0.1) is 5.10 Å². The van der Waals surface area contributed by atoms with Gasteiger partial charge in [0.05, 0.1) is 31.9 Å². The number of rotatable bonds is 20. The molecule has 4 rings (SSSR count). The van der Waals surface area contributed by atoms with Gasteiger partial charge in [-0.05, 0) is 62.8 Å². The Morgan fingerprint density at radius 3 is 2.54 bits per heavy atom. The van der Waals surface area contributed by atoms with E-state index in [1.807, 2.05) is 38.2 Å². The lowest BCUT2D eigenvalue weighted by molar-refractivity contribution is -0.121. The highest BCUT2D eigenvalue weighted by Crippen LogP contribution is 2.42. The number of carbonyl (C=O) groups is 2. The summed E-state index contributed by atoms with van der Waals surface area (Å²) in [6.45, 7) is 3.81. The number of nitrogens with zero attached hydrogens (tertiary/aromatic N) is 5. The molecule has 4 aromatic rings. The summed E-state index contributed by atoms with van der Waals surface area (Å²) in [7, 11) is -1.15. The van der Waals surface area contributed by atoms with Crippen molar-refractivity contribution in [2.75, 3.05) is 43.6 Å². The fraction of sp³-hybridized carbons (Fsp3) is 0.400. The van der Waals surface area contributed by atoms with Gasteiger partial charge in [0.15, 0.2) is 5.69 Å². The van der Waals surface area contributed by atoms with E-state index in [4.69, 9.17) is 18.7 Å². The summed E-state index contributed by atoms with van der Waals surface area (Å²) in [4.78, 5) is 49.4. The Morgan fingerprint density at radius 1 is 1.04 bits per heavy atom. The molecule has 1 atom stereocenters. The second-order valence-electron chi connectivity index (χ2n) is 11.7. The van der Waals surface area contributed by atoms with E-state index in [0.717, 1.165) is 48.9 Å². The van der Waals surface area contributed by atoms with Crippen LogP contribution < -0.4 is 21.2 Å². The summed E-state index contributed by atoms with van der Waals surface area (Å²) in [6, 6.07) is 16.5. The summed E-state index contributed by atoms with van der Waals surface area (Å²) < 4.78 is 17.4. The van der Waals surface area contributed by atoms with Crippen LogP contribution in [0.1, 0.15) is 58.3 Å². The second-order valence-corrected chi connectivity index (χ2v) is 13.5. The van der Waals surface area contributed by atoms with Crippen LogP contribution in [0.3, 0.4) is 0 Å². The maximum atomic E-state index is 12.8. The SMILES string of the molecule is C=P(O)(OCCC#N)OCCCCCCNC(=O)CCCC(=O)Nc1ccc(-c2cn(-c3cc4ccc(N(C)CC)cc4oc3=O)nn2)cc1. The minimum Gasteiger partial charge on any atom is -0.421 e. The van der Waals surface area contributed by atoms with E-state index >= 15 is 0 Å². The highest BCUT2D eigenvalue weighted by molar-refractivity contribution is 7.58. The molecule has 50 heavy (non-hydrogen) atoms. The molecule has 0 saturated carbocycles. The van der Waals surface area contributed by atoms with Gasteiger partial charge in [0.2, 0.25) is 19.4 Å². The van der Waals surface area contributed by atoms with E-state index in [2.05, 4.69) is 32.1 Å². The van der Waals surface area contributed by atoms with Gasteiger partial charge in [-0.3, -0.25) is 9.59 Å². The number of hydrogen-bond donors (Lipinski definition) is 3. The van der Waals surface area contributed by atoms with E-state index in [9.17, 15) is 19.3 Å². The normalized spacial score (nSPS) is 12.3. The van der Waals surface area contributed by atoms with Crippen LogP contribution in [0.25, 0.3) is 27.9 Å². The molecule has 15 heteroatoms. The predicted molar refractivity (Wildman–Crippen MR) is 194 cm³/mol. The molecule has 0 aliphatic rings. The van der Waals surface area contributed by atoms with Gasteiger partial charge >= 0.3 is 5.63 Å². The van der Waals surface area contributed by atoms with Gasteiger partial charge in [0.1, 0.15) is 11.3 Å². The van der Waals surface area contributed by atoms with Gasteiger partial charge in [0, 0.05) is 61.4 Å². The first-order valence-corrected chi connectivity index (χ1v) is 18.4. The molecule has 2 amide bonds. The van der Waals surface area contributed by atoms with Crippen LogP contribution in [0.15, 0.2) is 63.9 Å². The van der Waals surface area contributed by atoms with Crippen LogP contribution in [-0.4, -0.2) is 71.4 Å². The zero-order chi connectivity index (χ0) is 35.9. The number of amides is 2. The van der Waals surface area contributed by atoms with Gasteiger partial charge in [-0.2, -0.15) is 5.26 Å². The number of nitrogens with one attached hydrogen (secondary N) is 2. The quantitative estimate of drug-likeness (QED) is 0.0606. The molecule has 0 aliphatic heterocycles. The molecule has 266 valence electrons. The standard InChI is InChI=1S/C35H44N7O7P/c1-4-41(2)29-18-15-27-23-31(35(45)49-32(27)24-29)42-25-30(39-40-42)26-13-16-28(17-14-26)38-34(44)12-9-11-33(43)37-20-7-5-6-8-21-47-50(3,46)48-22-10-19-36/h13-18,23-25,46H,3-12,20-22H2,1-2H3,(H,37,43)(H,38,44). The Balaban J connectivity index is 1.14. The first kappa shape index (κ1) is 38.0. The fourth-order valence-electron chi connectivity index (χ4n) is 4.92. The molecule has 14 nitrogen and oxygen atoms in total. The van der Waals surface area contributed by atoms with Crippen molar-refractivity contribution in [3.05, 3.63) is 65.1 Å². The lowest BCUT2D eigenvalue weighted by Gasteiger charge is -2.17. The number of anilines is 2. The molecule has 2 aromatic heterocycles. The van der Waals surface area contributed by atoms with E-state index in [1.165, 1.54) is 4.68 Å². The van der Waals surface area contributed by atoms with Gasteiger partial charge in [0.25, 0.3) is 0 Å². The predicted octanol–water partition coefficient (Wildman–Crippen LogP) is 5.42. The number of hydrogen-bond acceptors (Lipinski definition) is 11. The molecule has 2 aromatic carbocycles. The zero-order valence-electron chi connectivity index (χ0n) is 28.5. The lowest BCUT2D eigenvalue weighted by atomic mass is 10.1. The summed E-state index contributed by atoms with van der Waals surface area (Å²) in [5, 5.41) is 23.3. The first-order chi connectivity index (χ1) is 24.1. The molecule has 0 bridgehead atoms. The molecule has 0 spiro atoms. The second kappa shape index (κ2) is 18.8. The summed E-state index contributed by atoms with van der Waals surface area (Å²) in [5.74, 6) is -0.294. The Kier molecular flexibility index (Phi) is 14.3. The number of aromatic nitrogens is 3. The lowest BCUT2D eigenvalue weighted by Crippen LogP contribution is -2.24. The van der Waals surface area contributed by atoms with Crippen LogP contribution in [0.5, 0.6) is 0 Å². The van der Waals surface area contributed by atoms with Crippen LogP contribution >= 0.6 is 7.57 Å². The molecule has 3 N–H and O–H groups in total. The average Bonchev–Trinajstić information content (AvgIpc) is 3.59. The van der Waals surface area contributed by atoms with Crippen molar-refractivity contribution >= 4 is 48.0 Å². The monoisotopic (exact) mass is 705 g/mol. The summed E-state index contributed by atoms with van der Waals surface area (Å²) in [5.41, 5.74) is 3.07. The molecule has 0 saturated heterocycles. The third-order valence-corrected chi connectivity index (χ3v) is 8.99. The number of fused-ring (bicyclic) bond motifs is 1. The smallest absolute Gasteiger partial charge is 0.362 e. The van der Waals surface area contributed by atoms with E-state index in [0.29, 0.717) is 36.5 Å². The van der Waals surface area contributed by atoms with E-state index in [-0.39, 0.29) is 43.4 Å². The summed E-state index contributed by atoms with van der Waals surface area (Å²) >= 11 is 0. The Morgan fingerprint density at radius 2 is 1.78 bits per heavy atom. The maximum Gasteiger partial charge on any atom is 0.362 e. The minimum atomic E-state index is -3.12. The molecular weight excluding hydrogens is 661 g/mol. The van der Waals surface area contributed by atoms with Crippen LogP contribution in [0.4, 0.5) is 11.4 Å². The van der Waals surface area contributed by atoms with Crippen LogP contribution in [0, 0.1) is 11.3 Å². The third-order valence-electron chi connectivity index (χ3n) is 7.82. The highest BCUT2D eigenvalue weighted by atomic mass is 31.2. The van der Waals surface area contributed by atoms with Crippen molar-refractivity contribution in [2.24, 2.45) is 0 Å². The molecule has 0 radical (unpaired) electrons. The maximum absolute atomic E-state index is 12.8. The first-order valence-electron chi connectivity index (χ1n) is 16.6. The van der Waals surface area contributed by atoms with Crippen LogP contribution in [-0.2, 0) is 18.6 Å². The molecule has 0 aliphatic carbocycles. The number of unbranched alkanes of at least 4 members (excludes halogenated alkanes) is 3. The van der Waals surface area contributed by atoms with E-state index in [1.54, 1.807) is 36.5 Å². The molecule has 2 heterocycles. The van der Waals surface area contributed by atoms with Gasteiger partial charge in [-0.25, -0.2) is 9.48 Å². The Labute approximate surface area is 291 Å².